The van der Waals surface area contributed by atoms with Crippen molar-refractivity contribution in [3.63, 3.8) is 0 Å². The second-order valence-electron chi connectivity index (χ2n) is 10.7. The smallest absolute Gasteiger partial charge is 0.259 e. The van der Waals surface area contributed by atoms with Gasteiger partial charge in [0, 0.05) is 6.54 Å². The summed E-state index contributed by atoms with van der Waals surface area (Å²) in [6, 6.07) is 38.3. The fourth-order valence-electron chi connectivity index (χ4n) is 5.75. The molecular weight excluding hydrogens is 524 g/mol. The minimum Gasteiger partial charge on any atom is -0.306 e. The van der Waals surface area contributed by atoms with E-state index in [2.05, 4.69) is 108 Å². The van der Waals surface area contributed by atoms with E-state index in [0.717, 1.165) is 37.2 Å². The number of hydrogen-bond acceptors (Lipinski definition) is 4. The van der Waals surface area contributed by atoms with Gasteiger partial charge < -0.3 is 4.90 Å². The Morgan fingerprint density at radius 2 is 1.20 bits per heavy atom. The molecule has 0 saturated heterocycles. The lowest BCUT2D eigenvalue weighted by atomic mass is 9.84. The normalized spacial score (nSPS) is 12.9. The molecule has 0 bridgehead atoms. The Kier molecular flexibility index (Phi) is 9.71. The van der Waals surface area contributed by atoms with Crippen LogP contribution in [0.5, 0.6) is 0 Å². The summed E-state index contributed by atoms with van der Waals surface area (Å²) in [6.45, 7) is 1.89. The van der Waals surface area contributed by atoms with Crippen molar-refractivity contribution in [3.05, 3.63) is 143 Å². The molecule has 0 unspecified atom stereocenters. The predicted octanol–water partition coefficient (Wildman–Crippen LogP) is 7.33. The van der Waals surface area contributed by atoms with Crippen molar-refractivity contribution in [3.8, 4) is 0 Å². The first-order chi connectivity index (χ1) is 20.1. The van der Waals surface area contributed by atoms with Crippen molar-refractivity contribution < 1.29 is 9.59 Å². The van der Waals surface area contributed by atoms with Gasteiger partial charge in [0.25, 0.3) is 11.8 Å². The van der Waals surface area contributed by atoms with Crippen molar-refractivity contribution in [2.45, 2.75) is 36.9 Å². The Morgan fingerprint density at radius 3 is 1.78 bits per heavy atom. The molecule has 1 aliphatic rings. The van der Waals surface area contributed by atoms with Gasteiger partial charge in [-0.3, -0.25) is 14.9 Å². The highest BCUT2D eigenvalue weighted by Crippen LogP contribution is 2.48. The highest BCUT2D eigenvalue weighted by molar-refractivity contribution is 8.00. The first kappa shape index (κ1) is 28.8. The second-order valence-corrected chi connectivity index (χ2v) is 12.0. The summed E-state index contributed by atoms with van der Waals surface area (Å²) in [5, 5.41) is 2.41. The van der Waals surface area contributed by atoms with E-state index in [0.29, 0.717) is 11.1 Å². The van der Waals surface area contributed by atoms with Gasteiger partial charge >= 0.3 is 0 Å². The Labute approximate surface area is 248 Å². The van der Waals surface area contributed by atoms with Gasteiger partial charge in [-0.05, 0) is 66.9 Å². The van der Waals surface area contributed by atoms with Gasteiger partial charge in [-0.25, -0.2) is 0 Å². The lowest BCUT2D eigenvalue weighted by molar-refractivity contribution is 0.0879. The number of nitrogens with one attached hydrogen (secondary N) is 1. The quantitative estimate of drug-likeness (QED) is 0.0993. The zero-order chi connectivity index (χ0) is 28.5. The summed E-state index contributed by atoms with van der Waals surface area (Å²) in [6.07, 6.45) is 5.47. The standard InChI is InChI=1S/C36H38N2O2S/c1-38(26-24-28-16-15-23-32-33(28)35(40)37-34(32)39)25-13-2-3-14-27-41-36(29-17-7-4-8-18-29,30-19-9-5-10-20-30)31-21-11-6-12-22-31/h4-12,15-23H,2-3,13-14,24-27H2,1H3,(H,37,39,40). The number of carbonyl (C=O) groups is 2. The van der Waals surface area contributed by atoms with Gasteiger partial charge in [0.2, 0.25) is 0 Å². The molecule has 1 heterocycles. The number of rotatable bonds is 14. The van der Waals surface area contributed by atoms with Crippen LogP contribution in [0.4, 0.5) is 0 Å². The number of carbonyl (C=O) groups excluding carboxylic acids is 2. The summed E-state index contributed by atoms with van der Waals surface area (Å²) in [5.41, 5.74) is 5.96. The van der Waals surface area contributed by atoms with Crippen LogP contribution in [-0.2, 0) is 11.2 Å². The third kappa shape index (κ3) is 6.64. The zero-order valence-corrected chi connectivity index (χ0v) is 24.5. The molecule has 0 fully saturated rings. The third-order valence-electron chi connectivity index (χ3n) is 7.91. The van der Waals surface area contributed by atoms with Gasteiger partial charge in [0.15, 0.2) is 0 Å². The predicted molar refractivity (Wildman–Crippen MR) is 170 cm³/mol. The van der Waals surface area contributed by atoms with Crippen LogP contribution in [0.3, 0.4) is 0 Å². The number of hydrogen-bond donors (Lipinski definition) is 1. The lowest BCUT2D eigenvalue weighted by Crippen LogP contribution is -2.26. The number of benzene rings is 4. The summed E-state index contributed by atoms with van der Waals surface area (Å²) < 4.78 is -0.247. The Morgan fingerprint density at radius 1 is 0.634 bits per heavy atom. The largest absolute Gasteiger partial charge is 0.306 e. The molecule has 1 aliphatic heterocycles. The monoisotopic (exact) mass is 562 g/mol. The SMILES string of the molecule is CN(CCCCCCSC(c1ccccc1)(c1ccccc1)c1ccccc1)CCc1cccc2c1C(=O)NC2=O. The van der Waals surface area contributed by atoms with Crippen molar-refractivity contribution >= 4 is 23.6 Å². The molecule has 41 heavy (non-hydrogen) atoms. The van der Waals surface area contributed by atoms with Crippen LogP contribution in [-0.4, -0.2) is 42.6 Å². The summed E-state index contributed by atoms with van der Waals surface area (Å²) in [7, 11) is 2.14. The van der Waals surface area contributed by atoms with Gasteiger partial charge in [-0.1, -0.05) is 116 Å². The average Bonchev–Trinajstić information content (AvgIpc) is 3.32. The Balaban J connectivity index is 1.13. The van der Waals surface area contributed by atoms with Crippen LogP contribution >= 0.6 is 11.8 Å². The number of likely N-dealkylation sites (N-methyl/N-ethyl adjacent to an activating group) is 1. The Hall–Kier alpha value is -3.67. The Bertz CT molecular complexity index is 1340. The summed E-state index contributed by atoms with van der Waals surface area (Å²) >= 11 is 2.04. The molecule has 2 amide bonds. The topological polar surface area (TPSA) is 49.4 Å². The molecule has 0 saturated carbocycles. The first-order valence-electron chi connectivity index (χ1n) is 14.6. The number of amides is 2. The van der Waals surface area contributed by atoms with Crippen LogP contribution < -0.4 is 5.32 Å². The molecule has 0 spiro atoms. The van der Waals surface area contributed by atoms with Crippen molar-refractivity contribution in [2.24, 2.45) is 0 Å². The number of thioether (sulfide) groups is 1. The van der Waals surface area contributed by atoms with E-state index in [9.17, 15) is 9.59 Å². The number of unbranched alkanes of at least 4 members (excludes halogenated alkanes) is 3. The van der Waals surface area contributed by atoms with Crippen LogP contribution in [0.25, 0.3) is 0 Å². The fraction of sp³-hybridized carbons (Fsp3) is 0.278. The second kappa shape index (κ2) is 13.8. The maximum absolute atomic E-state index is 12.2. The molecule has 5 rings (SSSR count). The van der Waals surface area contributed by atoms with E-state index < -0.39 is 0 Å². The number of fused-ring (bicyclic) bond motifs is 1. The zero-order valence-electron chi connectivity index (χ0n) is 23.7. The summed E-state index contributed by atoms with van der Waals surface area (Å²) in [5.74, 6) is 0.526. The average molecular weight is 563 g/mol. The molecule has 5 heteroatoms. The first-order valence-corrected chi connectivity index (χ1v) is 15.5. The van der Waals surface area contributed by atoms with Gasteiger partial charge in [-0.2, -0.15) is 0 Å². The maximum atomic E-state index is 12.2. The van der Waals surface area contributed by atoms with Crippen molar-refractivity contribution in [1.82, 2.24) is 10.2 Å². The minimum absolute atomic E-state index is 0.247. The van der Waals surface area contributed by atoms with E-state index in [-0.39, 0.29) is 16.6 Å². The van der Waals surface area contributed by atoms with Crippen LogP contribution in [0.2, 0.25) is 0 Å². The van der Waals surface area contributed by atoms with Gasteiger partial charge in [0.05, 0.1) is 15.9 Å². The molecule has 4 nitrogen and oxygen atoms in total. The van der Waals surface area contributed by atoms with E-state index in [1.54, 1.807) is 6.07 Å². The van der Waals surface area contributed by atoms with Gasteiger partial charge in [0.1, 0.15) is 0 Å². The van der Waals surface area contributed by atoms with Crippen LogP contribution in [0.1, 0.15) is 68.7 Å². The van der Waals surface area contributed by atoms with E-state index in [1.807, 2.05) is 23.9 Å². The molecule has 0 atom stereocenters. The van der Waals surface area contributed by atoms with E-state index in [4.69, 9.17) is 0 Å². The highest BCUT2D eigenvalue weighted by atomic mass is 32.2. The van der Waals surface area contributed by atoms with Gasteiger partial charge in [-0.15, -0.1) is 11.8 Å². The minimum atomic E-state index is -0.285. The van der Waals surface area contributed by atoms with Crippen molar-refractivity contribution in [2.75, 3.05) is 25.9 Å². The fourth-order valence-corrected chi connectivity index (χ4v) is 7.32. The number of nitrogens with zero attached hydrogens (tertiary/aromatic N) is 1. The lowest BCUT2D eigenvalue weighted by Gasteiger charge is -2.35. The van der Waals surface area contributed by atoms with Crippen molar-refractivity contribution in [1.29, 1.82) is 0 Å². The van der Waals surface area contributed by atoms with Crippen LogP contribution in [0, 0.1) is 0 Å². The van der Waals surface area contributed by atoms with E-state index >= 15 is 0 Å². The third-order valence-corrected chi connectivity index (χ3v) is 9.54. The van der Waals surface area contributed by atoms with E-state index in [1.165, 1.54) is 36.0 Å². The maximum Gasteiger partial charge on any atom is 0.259 e. The molecular formula is C36H38N2O2S. The molecule has 0 aromatic heterocycles. The summed E-state index contributed by atoms with van der Waals surface area (Å²) in [4.78, 5) is 26.5. The van der Waals surface area contributed by atoms with Crippen LogP contribution in [0.15, 0.2) is 109 Å². The molecule has 1 N–H and O–H groups in total. The molecule has 4 aromatic carbocycles. The molecule has 210 valence electrons. The highest BCUT2D eigenvalue weighted by Gasteiger charge is 2.36. The number of imide groups is 1. The molecule has 0 aliphatic carbocycles. The molecule has 4 aromatic rings. The molecule has 0 radical (unpaired) electrons.